The molecule has 0 radical (unpaired) electrons. The Morgan fingerprint density at radius 3 is 3.26 bits per heavy atom. The molecule has 0 unspecified atom stereocenters. The maximum atomic E-state index is 5.58. The second-order valence-corrected chi connectivity index (χ2v) is 6.09. The number of thiophene rings is 1. The van der Waals surface area contributed by atoms with E-state index in [2.05, 4.69) is 20.8 Å². The van der Waals surface area contributed by atoms with Gasteiger partial charge in [-0.1, -0.05) is 11.6 Å². The van der Waals surface area contributed by atoms with Gasteiger partial charge >= 0.3 is 0 Å². The van der Waals surface area contributed by atoms with E-state index in [1.165, 1.54) is 19.3 Å². The Balaban J connectivity index is 0.00000110. The van der Waals surface area contributed by atoms with Crippen molar-refractivity contribution in [2.45, 2.75) is 24.7 Å². The molecule has 19 heavy (non-hydrogen) atoms. The van der Waals surface area contributed by atoms with Crippen LogP contribution in [0.1, 0.15) is 25.2 Å². The van der Waals surface area contributed by atoms with Crippen LogP contribution in [0.2, 0.25) is 0 Å². The molecule has 2 atom stereocenters. The second kappa shape index (κ2) is 4.89. The summed E-state index contributed by atoms with van der Waals surface area (Å²) in [6.45, 7) is 2.08. The van der Waals surface area contributed by atoms with Crippen LogP contribution in [0.5, 0.6) is 0 Å². The van der Waals surface area contributed by atoms with Gasteiger partial charge in [-0.05, 0) is 36.8 Å². The van der Waals surface area contributed by atoms with Gasteiger partial charge in [-0.25, -0.2) is 0 Å². The van der Waals surface area contributed by atoms with E-state index < -0.39 is 0 Å². The molecule has 1 aliphatic carbocycles. The standard InChI is InChI=1S/C13H15N3OS.ClH/c1-2-10-6-14-8-13(10,4-1)12-15-11(16-17-12)9-3-5-18-7-9;/h3,5,7,10,14H,1-2,4,6,8H2;1H/t10-,13-;/m1./s1. The van der Waals surface area contributed by atoms with Crippen molar-refractivity contribution in [2.75, 3.05) is 13.1 Å². The maximum Gasteiger partial charge on any atom is 0.234 e. The summed E-state index contributed by atoms with van der Waals surface area (Å²) in [6.07, 6.45) is 3.74. The summed E-state index contributed by atoms with van der Waals surface area (Å²) in [5.74, 6) is 2.25. The zero-order chi connectivity index (χ0) is 12.0. The minimum Gasteiger partial charge on any atom is -0.338 e. The lowest BCUT2D eigenvalue weighted by Gasteiger charge is -2.22. The number of hydrogen-bond donors (Lipinski definition) is 1. The van der Waals surface area contributed by atoms with Crippen LogP contribution in [0.25, 0.3) is 11.4 Å². The highest BCUT2D eigenvalue weighted by Gasteiger charge is 2.51. The Morgan fingerprint density at radius 2 is 2.42 bits per heavy atom. The van der Waals surface area contributed by atoms with Crippen LogP contribution in [-0.4, -0.2) is 23.2 Å². The third-order valence-corrected chi connectivity index (χ3v) is 5.10. The molecule has 0 amide bonds. The lowest BCUT2D eigenvalue weighted by atomic mass is 9.80. The van der Waals surface area contributed by atoms with Gasteiger partial charge < -0.3 is 9.84 Å². The summed E-state index contributed by atoms with van der Waals surface area (Å²) in [4.78, 5) is 4.66. The highest BCUT2D eigenvalue weighted by atomic mass is 35.5. The fourth-order valence-electron chi connectivity index (χ4n) is 3.44. The highest BCUT2D eigenvalue weighted by molar-refractivity contribution is 7.08. The minimum absolute atomic E-state index is 0. The first kappa shape index (κ1) is 13.1. The van der Waals surface area contributed by atoms with Crippen molar-refractivity contribution in [2.24, 2.45) is 5.92 Å². The molecule has 3 heterocycles. The molecular weight excluding hydrogens is 282 g/mol. The SMILES string of the molecule is Cl.c1cc(-c2noc([C@@]34CCC[C@@H]3CNC4)n2)cs1. The van der Waals surface area contributed by atoms with Crippen molar-refractivity contribution >= 4 is 23.7 Å². The van der Waals surface area contributed by atoms with Gasteiger partial charge in [0.2, 0.25) is 11.7 Å². The van der Waals surface area contributed by atoms with Crippen LogP contribution < -0.4 is 5.32 Å². The van der Waals surface area contributed by atoms with E-state index in [-0.39, 0.29) is 17.8 Å². The first-order valence-corrected chi connectivity index (χ1v) is 7.40. The van der Waals surface area contributed by atoms with Gasteiger partial charge in [0.15, 0.2) is 0 Å². The van der Waals surface area contributed by atoms with Crippen LogP contribution in [0.15, 0.2) is 21.3 Å². The summed E-state index contributed by atoms with van der Waals surface area (Å²) in [6, 6.07) is 2.04. The molecule has 0 bridgehead atoms. The van der Waals surface area contributed by atoms with Gasteiger partial charge in [-0.15, -0.1) is 12.4 Å². The smallest absolute Gasteiger partial charge is 0.234 e. The lowest BCUT2D eigenvalue weighted by molar-refractivity contribution is 0.265. The topological polar surface area (TPSA) is 51.0 Å². The second-order valence-electron chi connectivity index (χ2n) is 5.31. The van der Waals surface area contributed by atoms with E-state index >= 15 is 0 Å². The molecular formula is C13H16ClN3OS. The fraction of sp³-hybridized carbons (Fsp3) is 0.538. The number of nitrogens with zero attached hydrogens (tertiary/aromatic N) is 2. The third kappa shape index (κ3) is 1.91. The number of nitrogens with one attached hydrogen (secondary N) is 1. The molecule has 1 saturated carbocycles. The number of rotatable bonds is 2. The molecule has 6 heteroatoms. The van der Waals surface area contributed by atoms with Gasteiger partial charge in [0.25, 0.3) is 0 Å². The molecule has 102 valence electrons. The van der Waals surface area contributed by atoms with E-state index in [4.69, 9.17) is 4.52 Å². The molecule has 1 saturated heterocycles. The first-order valence-electron chi connectivity index (χ1n) is 6.46. The van der Waals surface area contributed by atoms with Gasteiger partial charge in [0.05, 0.1) is 5.41 Å². The Morgan fingerprint density at radius 1 is 1.47 bits per heavy atom. The largest absolute Gasteiger partial charge is 0.338 e. The van der Waals surface area contributed by atoms with E-state index in [0.717, 1.165) is 30.4 Å². The lowest BCUT2D eigenvalue weighted by Crippen LogP contribution is -2.31. The molecule has 2 aromatic rings. The normalized spacial score (nSPS) is 29.2. The molecule has 4 nitrogen and oxygen atoms in total. The first-order chi connectivity index (χ1) is 8.88. The highest BCUT2D eigenvalue weighted by Crippen LogP contribution is 2.47. The van der Waals surface area contributed by atoms with Crippen molar-refractivity contribution < 1.29 is 4.52 Å². The fourth-order valence-corrected chi connectivity index (χ4v) is 4.07. The Hall–Kier alpha value is -0.910. The average molecular weight is 298 g/mol. The van der Waals surface area contributed by atoms with Gasteiger partial charge in [0.1, 0.15) is 0 Å². The van der Waals surface area contributed by atoms with Gasteiger partial charge in [-0.3, -0.25) is 0 Å². The van der Waals surface area contributed by atoms with Crippen molar-refractivity contribution in [3.05, 3.63) is 22.7 Å². The molecule has 4 rings (SSSR count). The number of hydrogen-bond acceptors (Lipinski definition) is 5. The summed E-state index contributed by atoms with van der Waals surface area (Å²) in [7, 11) is 0. The third-order valence-electron chi connectivity index (χ3n) is 4.42. The molecule has 1 N–H and O–H groups in total. The number of aromatic nitrogens is 2. The van der Waals surface area contributed by atoms with E-state index in [1.54, 1.807) is 11.3 Å². The van der Waals surface area contributed by atoms with Crippen LogP contribution >= 0.6 is 23.7 Å². The van der Waals surface area contributed by atoms with E-state index in [0.29, 0.717) is 5.92 Å². The minimum atomic E-state index is 0. The summed E-state index contributed by atoms with van der Waals surface area (Å²) >= 11 is 1.66. The van der Waals surface area contributed by atoms with Gasteiger partial charge in [-0.2, -0.15) is 16.3 Å². The van der Waals surface area contributed by atoms with E-state index in [9.17, 15) is 0 Å². The molecule has 2 aromatic heterocycles. The van der Waals surface area contributed by atoms with Crippen molar-refractivity contribution in [1.29, 1.82) is 0 Å². The van der Waals surface area contributed by atoms with Crippen molar-refractivity contribution in [3.63, 3.8) is 0 Å². The summed E-state index contributed by atoms with van der Waals surface area (Å²) in [5, 5.41) is 11.7. The zero-order valence-corrected chi connectivity index (χ0v) is 12.1. The Kier molecular flexibility index (Phi) is 3.37. The molecule has 2 aliphatic rings. The maximum absolute atomic E-state index is 5.58. The molecule has 1 aliphatic heterocycles. The quantitative estimate of drug-likeness (QED) is 0.926. The van der Waals surface area contributed by atoms with E-state index in [1.807, 2.05) is 11.4 Å². The monoisotopic (exact) mass is 297 g/mol. The Labute approximate surface area is 122 Å². The van der Waals surface area contributed by atoms with Crippen molar-refractivity contribution in [3.8, 4) is 11.4 Å². The van der Waals surface area contributed by atoms with Crippen LogP contribution in [0.4, 0.5) is 0 Å². The van der Waals surface area contributed by atoms with Crippen LogP contribution in [-0.2, 0) is 5.41 Å². The predicted molar refractivity (Wildman–Crippen MR) is 76.7 cm³/mol. The molecule has 0 aromatic carbocycles. The molecule has 2 fully saturated rings. The number of halogens is 1. The average Bonchev–Trinajstić information content (AvgIpc) is 3.13. The summed E-state index contributed by atoms with van der Waals surface area (Å²) in [5.41, 5.74) is 1.17. The summed E-state index contributed by atoms with van der Waals surface area (Å²) < 4.78 is 5.58. The van der Waals surface area contributed by atoms with Crippen LogP contribution in [0.3, 0.4) is 0 Å². The molecule has 0 spiro atoms. The van der Waals surface area contributed by atoms with Gasteiger partial charge in [0, 0.05) is 17.5 Å². The Bertz CT molecular complexity index is 544. The van der Waals surface area contributed by atoms with Crippen LogP contribution in [0, 0.1) is 5.92 Å². The van der Waals surface area contributed by atoms with Crippen molar-refractivity contribution in [1.82, 2.24) is 15.5 Å². The zero-order valence-electron chi connectivity index (χ0n) is 10.5. The number of fused-ring (bicyclic) bond motifs is 1. The predicted octanol–water partition coefficient (Wildman–Crippen LogP) is 2.86.